The number of aromatic nitrogens is 2. The van der Waals surface area contributed by atoms with Gasteiger partial charge in [-0.15, -0.1) is 0 Å². The smallest absolute Gasteiger partial charge is 0.123 e. The van der Waals surface area contributed by atoms with Gasteiger partial charge in [-0.2, -0.15) is 0 Å². The van der Waals surface area contributed by atoms with E-state index in [9.17, 15) is 0 Å². The Hall–Kier alpha value is -0.880. The molecule has 4 heteroatoms. The summed E-state index contributed by atoms with van der Waals surface area (Å²) in [6.07, 6.45) is 5.15. The van der Waals surface area contributed by atoms with Crippen molar-refractivity contribution in [1.29, 1.82) is 0 Å². The molecule has 0 aliphatic heterocycles. The second-order valence-corrected chi connectivity index (χ2v) is 5.68. The molecule has 96 valence electrons. The molecule has 0 fully saturated rings. The lowest BCUT2D eigenvalue weighted by molar-refractivity contribution is 0.580. The number of nitrogens with two attached hydrogens (primary N) is 1. The Morgan fingerprint density at radius 3 is 2.72 bits per heavy atom. The Morgan fingerprint density at radius 2 is 2.06 bits per heavy atom. The SMILES string of the molecule is CCCCC(N)c1ncc(-c2ccc(I)cc2)[nH]1. The van der Waals surface area contributed by atoms with Crippen molar-refractivity contribution in [2.75, 3.05) is 0 Å². The van der Waals surface area contributed by atoms with E-state index in [2.05, 4.69) is 63.7 Å². The van der Waals surface area contributed by atoms with Crippen molar-refractivity contribution >= 4 is 22.6 Å². The molecule has 0 aliphatic carbocycles. The molecule has 0 amide bonds. The van der Waals surface area contributed by atoms with Gasteiger partial charge in [-0.1, -0.05) is 31.9 Å². The topological polar surface area (TPSA) is 54.7 Å². The van der Waals surface area contributed by atoms with Gasteiger partial charge in [-0.25, -0.2) is 4.98 Å². The van der Waals surface area contributed by atoms with Crippen LogP contribution in [0, 0.1) is 3.57 Å². The molecule has 1 atom stereocenters. The molecular formula is C14H18IN3. The molecule has 1 heterocycles. The van der Waals surface area contributed by atoms with Gasteiger partial charge in [-0.3, -0.25) is 0 Å². The molecule has 2 aromatic rings. The third-order valence-electron chi connectivity index (χ3n) is 2.97. The largest absolute Gasteiger partial charge is 0.341 e. The summed E-state index contributed by atoms with van der Waals surface area (Å²) >= 11 is 2.30. The first-order valence-electron chi connectivity index (χ1n) is 6.27. The average Bonchev–Trinajstić information content (AvgIpc) is 2.86. The van der Waals surface area contributed by atoms with Crippen LogP contribution < -0.4 is 5.73 Å². The molecule has 1 unspecified atom stereocenters. The van der Waals surface area contributed by atoms with Gasteiger partial charge in [0, 0.05) is 3.57 Å². The van der Waals surface area contributed by atoms with E-state index in [-0.39, 0.29) is 6.04 Å². The fraction of sp³-hybridized carbons (Fsp3) is 0.357. The molecule has 0 saturated heterocycles. The van der Waals surface area contributed by atoms with Gasteiger partial charge in [0.2, 0.25) is 0 Å². The van der Waals surface area contributed by atoms with E-state index in [4.69, 9.17) is 5.73 Å². The fourth-order valence-electron chi connectivity index (χ4n) is 1.86. The molecule has 0 aliphatic rings. The molecule has 18 heavy (non-hydrogen) atoms. The lowest BCUT2D eigenvalue weighted by Crippen LogP contribution is -2.11. The minimum atomic E-state index is 0.0162. The van der Waals surface area contributed by atoms with E-state index in [1.807, 2.05) is 6.20 Å². The number of imidazole rings is 1. The van der Waals surface area contributed by atoms with Crippen molar-refractivity contribution in [3.05, 3.63) is 39.9 Å². The van der Waals surface area contributed by atoms with E-state index in [0.29, 0.717) is 0 Å². The summed E-state index contributed by atoms with van der Waals surface area (Å²) in [7, 11) is 0. The number of unbranched alkanes of at least 4 members (excludes halogenated alkanes) is 1. The Balaban J connectivity index is 2.12. The number of nitrogens with zero attached hydrogens (tertiary/aromatic N) is 1. The molecule has 0 bridgehead atoms. The molecule has 2 rings (SSSR count). The number of hydrogen-bond donors (Lipinski definition) is 2. The van der Waals surface area contributed by atoms with Crippen LogP contribution in [0.3, 0.4) is 0 Å². The number of nitrogens with one attached hydrogen (secondary N) is 1. The summed E-state index contributed by atoms with van der Waals surface area (Å²) in [4.78, 5) is 7.70. The van der Waals surface area contributed by atoms with Crippen LogP contribution in [0.5, 0.6) is 0 Å². The molecule has 0 saturated carbocycles. The maximum Gasteiger partial charge on any atom is 0.123 e. The summed E-state index contributed by atoms with van der Waals surface area (Å²) in [6, 6.07) is 8.39. The van der Waals surface area contributed by atoms with Gasteiger partial charge in [-0.05, 0) is 46.7 Å². The maximum atomic E-state index is 6.10. The Bertz CT molecular complexity index is 490. The molecule has 3 nitrogen and oxygen atoms in total. The van der Waals surface area contributed by atoms with E-state index in [1.54, 1.807) is 0 Å². The van der Waals surface area contributed by atoms with E-state index >= 15 is 0 Å². The molecule has 0 radical (unpaired) electrons. The Kier molecular flexibility index (Phi) is 4.77. The highest BCUT2D eigenvalue weighted by molar-refractivity contribution is 14.1. The fourth-order valence-corrected chi connectivity index (χ4v) is 2.22. The second-order valence-electron chi connectivity index (χ2n) is 4.44. The van der Waals surface area contributed by atoms with Gasteiger partial charge < -0.3 is 10.7 Å². The quantitative estimate of drug-likeness (QED) is 0.800. The number of aromatic amines is 1. The third-order valence-corrected chi connectivity index (χ3v) is 3.69. The van der Waals surface area contributed by atoms with Gasteiger partial charge in [0.25, 0.3) is 0 Å². The second kappa shape index (κ2) is 6.33. The van der Waals surface area contributed by atoms with Crippen LogP contribution in [0.2, 0.25) is 0 Å². The Morgan fingerprint density at radius 1 is 1.33 bits per heavy atom. The first kappa shape index (κ1) is 13.5. The van der Waals surface area contributed by atoms with Gasteiger partial charge >= 0.3 is 0 Å². The summed E-state index contributed by atoms with van der Waals surface area (Å²) < 4.78 is 1.23. The number of benzene rings is 1. The summed E-state index contributed by atoms with van der Waals surface area (Å²) in [5, 5.41) is 0. The highest BCUT2D eigenvalue weighted by Gasteiger charge is 2.10. The van der Waals surface area contributed by atoms with Crippen LogP contribution >= 0.6 is 22.6 Å². The summed E-state index contributed by atoms with van der Waals surface area (Å²) in [5.74, 6) is 0.886. The first-order chi connectivity index (χ1) is 8.70. The van der Waals surface area contributed by atoms with Gasteiger partial charge in [0.05, 0.1) is 17.9 Å². The van der Waals surface area contributed by atoms with Crippen LogP contribution in [-0.2, 0) is 0 Å². The highest BCUT2D eigenvalue weighted by Crippen LogP contribution is 2.21. The standard InChI is InChI=1S/C14H18IN3/c1-2-3-4-12(16)14-17-9-13(18-14)10-5-7-11(15)8-6-10/h5-9,12H,2-4,16H2,1H3,(H,17,18). The van der Waals surface area contributed by atoms with Crippen molar-refractivity contribution in [2.24, 2.45) is 5.73 Å². The van der Waals surface area contributed by atoms with Gasteiger partial charge in [0.15, 0.2) is 0 Å². The van der Waals surface area contributed by atoms with E-state index in [1.165, 1.54) is 9.99 Å². The maximum absolute atomic E-state index is 6.10. The normalized spacial score (nSPS) is 12.6. The minimum absolute atomic E-state index is 0.0162. The highest BCUT2D eigenvalue weighted by atomic mass is 127. The van der Waals surface area contributed by atoms with Crippen LogP contribution in [0.4, 0.5) is 0 Å². The van der Waals surface area contributed by atoms with Crippen molar-refractivity contribution < 1.29 is 0 Å². The lowest BCUT2D eigenvalue weighted by atomic mass is 10.1. The first-order valence-corrected chi connectivity index (χ1v) is 7.35. The molecular weight excluding hydrogens is 337 g/mol. The summed E-state index contributed by atoms with van der Waals surface area (Å²) in [6.45, 7) is 2.17. The van der Waals surface area contributed by atoms with Crippen molar-refractivity contribution in [3.63, 3.8) is 0 Å². The van der Waals surface area contributed by atoms with Crippen molar-refractivity contribution in [2.45, 2.75) is 32.2 Å². The van der Waals surface area contributed by atoms with Crippen LogP contribution in [-0.4, -0.2) is 9.97 Å². The number of hydrogen-bond acceptors (Lipinski definition) is 2. The molecule has 1 aromatic carbocycles. The summed E-state index contributed by atoms with van der Waals surface area (Å²) in [5.41, 5.74) is 8.29. The molecule has 1 aromatic heterocycles. The zero-order valence-electron chi connectivity index (χ0n) is 10.5. The zero-order valence-corrected chi connectivity index (χ0v) is 12.6. The molecule has 0 spiro atoms. The number of H-pyrrole nitrogens is 1. The molecule has 3 N–H and O–H groups in total. The Labute approximate surface area is 121 Å². The monoisotopic (exact) mass is 355 g/mol. The average molecular weight is 355 g/mol. The van der Waals surface area contributed by atoms with Crippen LogP contribution in [0.15, 0.2) is 30.5 Å². The van der Waals surface area contributed by atoms with Gasteiger partial charge in [0.1, 0.15) is 5.82 Å². The zero-order chi connectivity index (χ0) is 13.0. The third kappa shape index (κ3) is 3.32. The van der Waals surface area contributed by atoms with Crippen molar-refractivity contribution in [3.8, 4) is 11.3 Å². The lowest BCUT2D eigenvalue weighted by Gasteiger charge is -2.07. The van der Waals surface area contributed by atoms with Crippen LogP contribution in [0.1, 0.15) is 38.1 Å². The van der Waals surface area contributed by atoms with Crippen molar-refractivity contribution in [1.82, 2.24) is 9.97 Å². The number of rotatable bonds is 5. The van der Waals surface area contributed by atoms with E-state index in [0.717, 1.165) is 29.9 Å². The number of halogens is 1. The van der Waals surface area contributed by atoms with E-state index < -0.39 is 0 Å². The predicted molar refractivity (Wildman–Crippen MR) is 83.2 cm³/mol. The minimum Gasteiger partial charge on any atom is -0.341 e. The van der Waals surface area contributed by atoms with Crippen LogP contribution in [0.25, 0.3) is 11.3 Å². The predicted octanol–water partition coefficient (Wildman–Crippen LogP) is 3.87.